The molecule has 0 aliphatic carbocycles. The molecule has 7 heteroatoms. The van der Waals surface area contributed by atoms with Crippen LogP contribution in [0.2, 0.25) is 0 Å². The number of amides is 1. The molecule has 0 unspecified atom stereocenters. The van der Waals surface area contributed by atoms with Crippen molar-refractivity contribution in [3.05, 3.63) is 114 Å². The van der Waals surface area contributed by atoms with E-state index in [-0.39, 0.29) is 12.3 Å². The summed E-state index contributed by atoms with van der Waals surface area (Å²) < 4.78 is 49.5. The molecule has 4 nitrogen and oxygen atoms in total. The number of carbonyl (C=O) groups is 1. The van der Waals surface area contributed by atoms with Crippen LogP contribution in [0.4, 0.5) is 18.9 Å². The van der Waals surface area contributed by atoms with E-state index in [0.29, 0.717) is 22.6 Å². The number of nitrogens with one attached hydrogen (secondary N) is 1. The van der Waals surface area contributed by atoms with Crippen LogP contribution in [0.3, 0.4) is 0 Å². The van der Waals surface area contributed by atoms with Crippen LogP contribution in [0.25, 0.3) is 11.1 Å². The van der Waals surface area contributed by atoms with E-state index in [1.807, 2.05) is 54.6 Å². The van der Waals surface area contributed by atoms with Gasteiger partial charge in [0.25, 0.3) is 5.91 Å². The molecule has 1 N–H and O–H groups in total. The first-order valence-corrected chi connectivity index (χ1v) is 10.8. The molecule has 4 rings (SSSR count). The van der Waals surface area contributed by atoms with Gasteiger partial charge in [-0.3, -0.25) is 4.79 Å². The zero-order chi connectivity index (χ0) is 24.8. The van der Waals surface area contributed by atoms with Gasteiger partial charge in [0.05, 0.1) is 12.7 Å². The van der Waals surface area contributed by atoms with E-state index >= 15 is 0 Å². The van der Waals surface area contributed by atoms with Gasteiger partial charge in [0.1, 0.15) is 18.1 Å². The maximum Gasteiger partial charge on any atom is 0.416 e. The molecule has 4 aromatic carbocycles. The number of rotatable bonds is 7. The molecule has 0 aromatic heterocycles. The van der Waals surface area contributed by atoms with E-state index in [0.717, 1.165) is 23.3 Å². The van der Waals surface area contributed by atoms with Crippen LogP contribution in [-0.2, 0) is 12.8 Å². The highest BCUT2D eigenvalue weighted by molar-refractivity contribution is 6.04. The number of carbonyl (C=O) groups excluding carboxylic acids is 1. The molecular formula is C28H22F3NO3. The lowest BCUT2D eigenvalue weighted by Gasteiger charge is -2.13. The molecule has 0 saturated carbocycles. The summed E-state index contributed by atoms with van der Waals surface area (Å²) in [6.07, 6.45) is -4.44. The summed E-state index contributed by atoms with van der Waals surface area (Å²) in [5.41, 5.74) is 2.62. The molecule has 35 heavy (non-hydrogen) atoms. The molecule has 0 fully saturated rings. The summed E-state index contributed by atoms with van der Waals surface area (Å²) >= 11 is 0. The van der Waals surface area contributed by atoms with Gasteiger partial charge in [-0.25, -0.2) is 0 Å². The van der Waals surface area contributed by atoms with E-state index in [2.05, 4.69) is 5.32 Å². The molecule has 0 saturated heterocycles. The van der Waals surface area contributed by atoms with Crippen LogP contribution >= 0.6 is 0 Å². The average molecular weight is 477 g/mol. The van der Waals surface area contributed by atoms with Crippen molar-refractivity contribution in [1.29, 1.82) is 0 Å². The van der Waals surface area contributed by atoms with Crippen LogP contribution < -0.4 is 14.8 Å². The third-order valence-corrected chi connectivity index (χ3v) is 5.37. The number of anilines is 1. The molecule has 0 aliphatic heterocycles. The first-order chi connectivity index (χ1) is 16.8. The Balaban J connectivity index is 1.44. The molecule has 4 aromatic rings. The minimum atomic E-state index is -4.44. The minimum Gasteiger partial charge on any atom is -0.496 e. The van der Waals surface area contributed by atoms with Crippen molar-refractivity contribution in [2.24, 2.45) is 0 Å². The number of benzene rings is 4. The van der Waals surface area contributed by atoms with Crippen molar-refractivity contribution >= 4 is 11.6 Å². The number of methoxy groups -OCH3 is 1. The summed E-state index contributed by atoms with van der Waals surface area (Å²) in [4.78, 5) is 12.7. The fraction of sp³-hybridized carbons (Fsp3) is 0.107. The van der Waals surface area contributed by atoms with Crippen molar-refractivity contribution < 1.29 is 27.4 Å². The van der Waals surface area contributed by atoms with Crippen LogP contribution in [-0.4, -0.2) is 13.0 Å². The Morgan fingerprint density at radius 3 is 2.11 bits per heavy atom. The zero-order valence-corrected chi connectivity index (χ0v) is 18.8. The van der Waals surface area contributed by atoms with Gasteiger partial charge in [0.2, 0.25) is 0 Å². The van der Waals surface area contributed by atoms with Crippen molar-refractivity contribution in [2.75, 3.05) is 12.4 Å². The Morgan fingerprint density at radius 2 is 1.49 bits per heavy atom. The van der Waals surface area contributed by atoms with Gasteiger partial charge in [-0.05, 0) is 65.7 Å². The van der Waals surface area contributed by atoms with Gasteiger partial charge >= 0.3 is 6.18 Å². The SMILES string of the molecule is COc1ccc(C(=O)Nc2ccc(C(F)(F)F)cc2)cc1COc1ccc(-c2ccccc2)cc1. The Bertz CT molecular complexity index is 1290. The van der Waals surface area contributed by atoms with Crippen molar-refractivity contribution in [3.63, 3.8) is 0 Å². The monoisotopic (exact) mass is 477 g/mol. The van der Waals surface area contributed by atoms with Gasteiger partial charge in [-0.15, -0.1) is 0 Å². The minimum absolute atomic E-state index is 0.162. The van der Waals surface area contributed by atoms with Crippen LogP contribution in [0, 0.1) is 0 Å². The smallest absolute Gasteiger partial charge is 0.416 e. The van der Waals surface area contributed by atoms with Crippen LogP contribution in [0.15, 0.2) is 97.1 Å². The zero-order valence-electron chi connectivity index (χ0n) is 18.8. The maximum absolute atomic E-state index is 12.7. The third-order valence-electron chi connectivity index (χ3n) is 5.37. The van der Waals surface area contributed by atoms with Gasteiger partial charge < -0.3 is 14.8 Å². The van der Waals surface area contributed by atoms with Gasteiger partial charge in [0.15, 0.2) is 0 Å². The van der Waals surface area contributed by atoms with E-state index in [9.17, 15) is 18.0 Å². The van der Waals surface area contributed by atoms with Crippen LogP contribution in [0.1, 0.15) is 21.5 Å². The second-order valence-corrected chi connectivity index (χ2v) is 7.73. The number of alkyl halides is 3. The van der Waals surface area contributed by atoms with Gasteiger partial charge in [0, 0.05) is 16.8 Å². The number of hydrogen-bond acceptors (Lipinski definition) is 3. The molecule has 0 spiro atoms. The van der Waals surface area contributed by atoms with E-state index in [1.165, 1.54) is 19.2 Å². The second kappa shape index (κ2) is 10.3. The van der Waals surface area contributed by atoms with E-state index in [4.69, 9.17) is 9.47 Å². The molecule has 0 bridgehead atoms. The molecule has 1 amide bonds. The summed E-state index contributed by atoms with van der Waals surface area (Å²) in [6.45, 7) is 0.162. The standard InChI is InChI=1S/C28H22F3NO3/c1-34-26-16-9-21(27(33)32-24-12-10-23(11-13-24)28(29,30)31)17-22(26)18-35-25-14-7-20(8-15-25)19-5-3-2-4-6-19/h2-17H,18H2,1H3,(H,32,33). The predicted octanol–water partition coefficient (Wildman–Crippen LogP) is 7.21. The fourth-order valence-electron chi connectivity index (χ4n) is 3.51. The molecule has 0 heterocycles. The lowest BCUT2D eigenvalue weighted by atomic mass is 10.1. The van der Waals surface area contributed by atoms with E-state index in [1.54, 1.807) is 18.2 Å². The second-order valence-electron chi connectivity index (χ2n) is 7.73. The molecular weight excluding hydrogens is 455 g/mol. The number of ether oxygens (including phenoxy) is 2. The summed E-state index contributed by atoms with van der Waals surface area (Å²) in [5, 5.41) is 2.61. The quantitative estimate of drug-likeness (QED) is 0.306. The summed E-state index contributed by atoms with van der Waals surface area (Å²) in [6, 6.07) is 26.8. The summed E-state index contributed by atoms with van der Waals surface area (Å²) in [7, 11) is 1.52. The average Bonchev–Trinajstić information content (AvgIpc) is 2.88. The fourth-order valence-corrected chi connectivity index (χ4v) is 3.51. The van der Waals surface area contributed by atoms with Gasteiger partial charge in [-0.2, -0.15) is 13.2 Å². The maximum atomic E-state index is 12.7. The third kappa shape index (κ3) is 6.00. The van der Waals surface area contributed by atoms with Crippen molar-refractivity contribution in [2.45, 2.75) is 12.8 Å². The largest absolute Gasteiger partial charge is 0.496 e. The first kappa shape index (κ1) is 23.9. The molecule has 0 atom stereocenters. The van der Waals surface area contributed by atoms with Crippen molar-refractivity contribution in [1.82, 2.24) is 0 Å². The van der Waals surface area contributed by atoms with Gasteiger partial charge in [-0.1, -0.05) is 42.5 Å². The Kier molecular flexibility index (Phi) is 7.06. The Morgan fingerprint density at radius 1 is 0.829 bits per heavy atom. The predicted molar refractivity (Wildman–Crippen MR) is 129 cm³/mol. The Labute approximate surface area is 200 Å². The molecule has 0 radical (unpaired) electrons. The number of halogens is 3. The normalized spacial score (nSPS) is 11.1. The highest BCUT2D eigenvalue weighted by atomic mass is 19.4. The lowest BCUT2D eigenvalue weighted by Crippen LogP contribution is -2.13. The molecule has 0 aliphatic rings. The topological polar surface area (TPSA) is 47.6 Å². The summed E-state index contributed by atoms with van der Waals surface area (Å²) in [5.74, 6) is 0.754. The van der Waals surface area contributed by atoms with Crippen LogP contribution in [0.5, 0.6) is 11.5 Å². The van der Waals surface area contributed by atoms with Crippen molar-refractivity contribution in [3.8, 4) is 22.6 Å². The Hall–Kier alpha value is -4.26. The molecule has 178 valence electrons. The van der Waals surface area contributed by atoms with E-state index < -0.39 is 17.6 Å². The first-order valence-electron chi connectivity index (χ1n) is 10.8. The highest BCUT2D eigenvalue weighted by Gasteiger charge is 2.30. The number of hydrogen-bond donors (Lipinski definition) is 1. The highest BCUT2D eigenvalue weighted by Crippen LogP contribution is 2.30. The lowest BCUT2D eigenvalue weighted by molar-refractivity contribution is -0.137.